The zero-order chi connectivity index (χ0) is 19.8. The highest BCUT2D eigenvalue weighted by molar-refractivity contribution is 5.75. The number of carbonyl (C=O) groups is 1. The summed E-state index contributed by atoms with van der Waals surface area (Å²) in [4.78, 5) is 12.1. The lowest BCUT2D eigenvalue weighted by Gasteiger charge is -2.56. The van der Waals surface area contributed by atoms with Crippen molar-refractivity contribution in [3.05, 3.63) is 23.3 Å². The molecule has 3 N–H and O–H groups in total. The zero-order valence-electron chi connectivity index (χ0n) is 16.7. The molecule has 1 heterocycles. The first-order valence-electron chi connectivity index (χ1n) is 10.2. The van der Waals surface area contributed by atoms with Crippen LogP contribution in [0.3, 0.4) is 0 Å². The second-order valence-electron chi connectivity index (χ2n) is 9.87. The molecule has 1 saturated heterocycles. The largest absolute Gasteiger partial charge is 0.481 e. The van der Waals surface area contributed by atoms with E-state index in [1.54, 1.807) is 6.08 Å². The van der Waals surface area contributed by atoms with Crippen LogP contribution >= 0.6 is 0 Å². The molecule has 1 aliphatic heterocycles. The monoisotopic (exact) mass is 376 g/mol. The number of hydrogen-bond acceptors (Lipinski definition) is 4. The topological polar surface area (TPSA) is 90.3 Å². The summed E-state index contributed by atoms with van der Waals surface area (Å²) in [7, 11) is 0. The molecular weight excluding hydrogens is 344 g/mol. The third-order valence-electron chi connectivity index (χ3n) is 8.46. The number of aliphatic carboxylic acids is 1. The van der Waals surface area contributed by atoms with Gasteiger partial charge in [-0.3, -0.25) is 4.79 Å². The zero-order valence-corrected chi connectivity index (χ0v) is 16.7. The number of aliphatic hydroxyl groups is 2. The van der Waals surface area contributed by atoms with Crippen LogP contribution in [0.15, 0.2) is 23.3 Å². The first-order chi connectivity index (χ1) is 12.6. The van der Waals surface area contributed by atoms with E-state index in [1.807, 2.05) is 13.8 Å². The van der Waals surface area contributed by atoms with Crippen molar-refractivity contribution < 1.29 is 24.9 Å². The Labute approximate surface area is 161 Å². The van der Waals surface area contributed by atoms with E-state index in [1.165, 1.54) is 5.57 Å². The van der Waals surface area contributed by atoms with Crippen LogP contribution in [0.25, 0.3) is 0 Å². The third kappa shape index (κ3) is 2.51. The summed E-state index contributed by atoms with van der Waals surface area (Å²) < 4.78 is 5.94. The first kappa shape index (κ1) is 19.2. The molecule has 5 heteroatoms. The van der Waals surface area contributed by atoms with Crippen LogP contribution in [0.1, 0.15) is 59.8 Å². The summed E-state index contributed by atoms with van der Waals surface area (Å²) in [5, 5.41) is 31.1. The van der Waals surface area contributed by atoms with Gasteiger partial charge >= 0.3 is 5.97 Å². The number of carboxylic acids is 1. The molecule has 1 saturated carbocycles. The molecule has 2 unspecified atom stereocenters. The van der Waals surface area contributed by atoms with Crippen LogP contribution in [0.4, 0.5) is 0 Å². The van der Waals surface area contributed by atoms with Crippen LogP contribution in [0, 0.1) is 22.7 Å². The number of rotatable bonds is 3. The van der Waals surface area contributed by atoms with Crippen LogP contribution in [0.2, 0.25) is 0 Å². The Kier molecular flexibility index (Phi) is 4.20. The van der Waals surface area contributed by atoms with E-state index < -0.39 is 29.2 Å². The average Bonchev–Trinajstić information content (AvgIpc) is 3.33. The van der Waals surface area contributed by atoms with Crippen LogP contribution < -0.4 is 0 Å². The predicted molar refractivity (Wildman–Crippen MR) is 101 cm³/mol. The fourth-order valence-electron chi connectivity index (χ4n) is 6.58. The minimum atomic E-state index is -0.735. The lowest BCUT2D eigenvalue weighted by molar-refractivity contribution is -0.163. The maximum absolute atomic E-state index is 12.1. The molecule has 3 aliphatic carbocycles. The molecule has 0 amide bonds. The second kappa shape index (κ2) is 5.91. The molecule has 0 aromatic carbocycles. The first-order valence-corrected chi connectivity index (χ1v) is 10.2. The van der Waals surface area contributed by atoms with Gasteiger partial charge in [0.1, 0.15) is 23.9 Å². The molecule has 5 nitrogen and oxygen atoms in total. The number of epoxide rings is 1. The van der Waals surface area contributed by atoms with Gasteiger partial charge in [0.05, 0.1) is 5.41 Å². The SMILES string of the molecule is CC1=CC(O)[C@]2(C[C@H]3C(C)=CC[C@@H]4[C@]3(C)CCC[C@@]4(C)C(=O)O)O[C@@H]2C1O. The van der Waals surface area contributed by atoms with Gasteiger partial charge < -0.3 is 20.1 Å². The summed E-state index contributed by atoms with van der Waals surface area (Å²) >= 11 is 0. The number of hydrogen-bond donors (Lipinski definition) is 3. The molecular formula is C22H32O5. The highest BCUT2D eigenvalue weighted by Gasteiger charge is 2.68. The fraction of sp³-hybridized carbons (Fsp3) is 0.773. The highest BCUT2D eigenvalue weighted by atomic mass is 16.6. The Hall–Kier alpha value is -1.17. The molecule has 8 atom stereocenters. The van der Waals surface area contributed by atoms with Crippen molar-refractivity contribution in [2.45, 2.75) is 83.7 Å². The summed E-state index contributed by atoms with van der Waals surface area (Å²) in [6, 6.07) is 0. The third-order valence-corrected chi connectivity index (χ3v) is 8.46. The molecule has 150 valence electrons. The van der Waals surface area contributed by atoms with Crippen molar-refractivity contribution in [3.63, 3.8) is 0 Å². The molecule has 0 spiro atoms. The number of ether oxygens (including phenoxy) is 1. The normalized spacial score (nSPS) is 51.6. The van der Waals surface area contributed by atoms with Crippen molar-refractivity contribution in [1.82, 2.24) is 0 Å². The molecule has 0 bridgehead atoms. The van der Waals surface area contributed by atoms with Gasteiger partial charge in [0.2, 0.25) is 0 Å². The fourth-order valence-corrected chi connectivity index (χ4v) is 6.58. The Morgan fingerprint density at radius 3 is 2.59 bits per heavy atom. The maximum atomic E-state index is 12.1. The predicted octanol–water partition coefficient (Wildman–Crippen LogP) is 3.06. The standard InChI is InChI=1S/C22H32O5/c1-12-6-7-15-20(3,8-5-9-21(15,4)19(25)26)14(12)11-22-16(23)10-13(2)17(24)18(22)27-22/h6,10,14-18,23-24H,5,7-9,11H2,1-4H3,(H,25,26)/t14-,15+,16?,17?,18+,20+,21+,22-/m0/s1. The average molecular weight is 376 g/mol. The van der Waals surface area contributed by atoms with Crippen molar-refractivity contribution in [3.8, 4) is 0 Å². The summed E-state index contributed by atoms with van der Waals surface area (Å²) in [6.45, 7) is 8.09. The van der Waals surface area contributed by atoms with Gasteiger partial charge in [-0.05, 0) is 69.3 Å². The quantitative estimate of drug-likeness (QED) is 0.520. The molecule has 2 fully saturated rings. The molecule has 4 rings (SSSR count). The van der Waals surface area contributed by atoms with Gasteiger partial charge in [-0.1, -0.05) is 31.1 Å². The minimum Gasteiger partial charge on any atom is -0.481 e. The maximum Gasteiger partial charge on any atom is 0.309 e. The molecule has 0 radical (unpaired) electrons. The number of allylic oxidation sites excluding steroid dienone is 2. The Morgan fingerprint density at radius 2 is 1.93 bits per heavy atom. The lowest BCUT2D eigenvalue weighted by atomic mass is 9.47. The van der Waals surface area contributed by atoms with Crippen molar-refractivity contribution in [2.24, 2.45) is 22.7 Å². The van der Waals surface area contributed by atoms with E-state index in [9.17, 15) is 20.1 Å². The molecule has 27 heavy (non-hydrogen) atoms. The Morgan fingerprint density at radius 1 is 1.22 bits per heavy atom. The minimum absolute atomic E-state index is 0.0708. The number of carboxylic acid groups (broad SMARTS) is 1. The van der Waals surface area contributed by atoms with Gasteiger partial charge in [-0.25, -0.2) is 0 Å². The molecule has 4 aliphatic rings. The van der Waals surface area contributed by atoms with Crippen molar-refractivity contribution >= 4 is 5.97 Å². The molecule has 0 aromatic heterocycles. The van der Waals surface area contributed by atoms with Gasteiger partial charge in [0, 0.05) is 0 Å². The van der Waals surface area contributed by atoms with Crippen LogP contribution in [-0.2, 0) is 9.53 Å². The lowest BCUT2D eigenvalue weighted by Crippen LogP contribution is -2.54. The summed E-state index contributed by atoms with van der Waals surface area (Å²) in [5.74, 6) is -0.481. The van der Waals surface area contributed by atoms with Gasteiger partial charge in [0.15, 0.2) is 0 Å². The second-order valence-corrected chi connectivity index (χ2v) is 9.87. The van der Waals surface area contributed by atoms with E-state index in [0.29, 0.717) is 6.42 Å². The van der Waals surface area contributed by atoms with E-state index >= 15 is 0 Å². The molecule has 0 aromatic rings. The van der Waals surface area contributed by atoms with Crippen molar-refractivity contribution in [1.29, 1.82) is 0 Å². The van der Waals surface area contributed by atoms with E-state index in [-0.39, 0.29) is 23.4 Å². The number of aliphatic hydroxyl groups excluding tert-OH is 2. The van der Waals surface area contributed by atoms with E-state index in [2.05, 4.69) is 19.9 Å². The number of fused-ring (bicyclic) bond motifs is 2. The van der Waals surface area contributed by atoms with E-state index in [4.69, 9.17) is 4.74 Å². The van der Waals surface area contributed by atoms with Gasteiger partial charge in [-0.2, -0.15) is 0 Å². The highest BCUT2D eigenvalue weighted by Crippen LogP contribution is 2.63. The smallest absolute Gasteiger partial charge is 0.309 e. The Balaban J connectivity index is 1.68. The summed E-state index contributed by atoms with van der Waals surface area (Å²) in [6.07, 6.45) is 6.21. The van der Waals surface area contributed by atoms with Gasteiger partial charge in [-0.15, -0.1) is 0 Å². The van der Waals surface area contributed by atoms with Crippen LogP contribution in [-0.4, -0.2) is 45.2 Å². The van der Waals surface area contributed by atoms with E-state index in [0.717, 1.165) is 31.3 Å². The van der Waals surface area contributed by atoms with Gasteiger partial charge in [0.25, 0.3) is 0 Å². The summed E-state index contributed by atoms with van der Waals surface area (Å²) in [5.41, 5.74) is 0.430. The Bertz CT molecular complexity index is 726. The van der Waals surface area contributed by atoms with Crippen molar-refractivity contribution in [2.75, 3.05) is 0 Å². The van der Waals surface area contributed by atoms with Crippen LogP contribution in [0.5, 0.6) is 0 Å².